The number of rotatable bonds is 6. The molecular formula is C21H20Br2ClN3O3. The molecule has 1 heterocycles. The van der Waals surface area contributed by atoms with E-state index in [9.17, 15) is 4.79 Å². The molecule has 0 aliphatic heterocycles. The van der Waals surface area contributed by atoms with E-state index in [4.69, 9.17) is 21.1 Å². The molecule has 0 radical (unpaired) electrons. The van der Waals surface area contributed by atoms with E-state index in [1.54, 1.807) is 25.1 Å². The van der Waals surface area contributed by atoms with Crippen molar-refractivity contribution >= 4 is 60.6 Å². The number of fused-ring (bicyclic) bond motifs is 1. The summed E-state index contributed by atoms with van der Waals surface area (Å²) in [5, 5.41) is 5.21. The van der Waals surface area contributed by atoms with Gasteiger partial charge in [0.25, 0.3) is 5.56 Å². The van der Waals surface area contributed by atoms with Gasteiger partial charge in [-0.15, -0.1) is 0 Å². The van der Waals surface area contributed by atoms with Gasteiger partial charge >= 0.3 is 0 Å². The summed E-state index contributed by atoms with van der Waals surface area (Å²) >= 11 is 13.4. The smallest absolute Gasteiger partial charge is 0.282 e. The monoisotopic (exact) mass is 555 g/mol. The second-order valence-electron chi connectivity index (χ2n) is 6.70. The predicted octanol–water partition coefficient (Wildman–Crippen LogP) is 5.95. The standard InChI is InChI=1S/C21H20Br2ClN3O3/c1-5-29-17-8-13(18(23)19(24)20(17)30-11(2)3)10-25-27-12(4)26-16-7-6-14(22)9-15(16)21(27)28/h6-11H,5H2,1-4H3. The van der Waals surface area contributed by atoms with Gasteiger partial charge in [0.1, 0.15) is 10.8 Å². The van der Waals surface area contributed by atoms with Crippen LogP contribution in [0.3, 0.4) is 0 Å². The highest BCUT2D eigenvalue weighted by Crippen LogP contribution is 2.42. The van der Waals surface area contributed by atoms with Crippen LogP contribution in [0.5, 0.6) is 11.5 Å². The first-order valence-corrected chi connectivity index (χ1v) is 11.2. The molecule has 0 aliphatic carbocycles. The Morgan fingerprint density at radius 2 is 2.03 bits per heavy atom. The van der Waals surface area contributed by atoms with Crippen molar-refractivity contribution in [1.82, 2.24) is 9.66 Å². The fraction of sp³-hybridized carbons (Fsp3) is 0.286. The molecule has 6 nitrogen and oxygen atoms in total. The third-order valence-electron chi connectivity index (χ3n) is 4.09. The first kappa shape index (κ1) is 22.8. The fourth-order valence-corrected chi connectivity index (χ4v) is 3.83. The van der Waals surface area contributed by atoms with Crippen LogP contribution < -0.4 is 15.0 Å². The molecule has 2 aromatic carbocycles. The first-order valence-electron chi connectivity index (χ1n) is 9.27. The van der Waals surface area contributed by atoms with E-state index in [0.29, 0.717) is 49.9 Å². The molecule has 9 heteroatoms. The number of aromatic nitrogens is 2. The van der Waals surface area contributed by atoms with Crippen LogP contribution in [0.4, 0.5) is 0 Å². The Labute approximate surface area is 196 Å². The Hall–Kier alpha value is -1.90. The molecule has 0 fully saturated rings. The highest BCUT2D eigenvalue weighted by molar-refractivity contribution is 9.10. The highest BCUT2D eigenvalue weighted by Gasteiger charge is 2.18. The van der Waals surface area contributed by atoms with Crippen molar-refractivity contribution in [3.8, 4) is 11.5 Å². The van der Waals surface area contributed by atoms with Crippen LogP contribution in [0, 0.1) is 6.92 Å². The molecule has 158 valence electrons. The number of aryl methyl sites for hydroxylation is 1. The van der Waals surface area contributed by atoms with Crippen LogP contribution in [0.2, 0.25) is 5.02 Å². The Morgan fingerprint density at radius 3 is 2.70 bits per heavy atom. The van der Waals surface area contributed by atoms with E-state index in [-0.39, 0.29) is 11.7 Å². The molecule has 0 amide bonds. The van der Waals surface area contributed by atoms with Crippen molar-refractivity contribution in [2.75, 3.05) is 6.61 Å². The third kappa shape index (κ3) is 4.71. The fourth-order valence-electron chi connectivity index (χ4n) is 2.82. The van der Waals surface area contributed by atoms with Gasteiger partial charge in [-0.1, -0.05) is 27.5 Å². The second-order valence-corrected chi connectivity index (χ2v) is 8.79. The van der Waals surface area contributed by atoms with Crippen molar-refractivity contribution in [2.45, 2.75) is 33.8 Å². The molecule has 30 heavy (non-hydrogen) atoms. The van der Waals surface area contributed by atoms with Crippen molar-refractivity contribution < 1.29 is 9.47 Å². The summed E-state index contributed by atoms with van der Waals surface area (Å²) in [4.78, 5) is 17.4. The van der Waals surface area contributed by atoms with Crippen molar-refractivity contribution in [3.63, 3.8) is 0 Å². The summed E-state index contributed by atoms with van der Waals surface area (Å²) < 4.78 is 14.2. The lowest BCUT2D eigenvalue weighted by Crippen LogP contribution is -2.20. The third-order valence-corrected chi connectivity index (χ3v) is 6.03. The molecule has 0 bridgehead atoms. The topological polar surface area (TPSA) is 65.7 Å². The maximum absolute atomic E-state index is 12.9. The number of ether oxygens (including phenoxy) is 2. The summed E-state index contributed by atoms with van der Waals surface area (Å²) in [6.45, 7) is 7.88. The molecule has 0 atom stereocenters. The SMILES string of the molecule is CCOc1cc(C=Nn2c(C)nc3ccc(Br)cc3c2=O)c(Br)c(Cl)c1OC(C)C. The zero-order chi connectivity index (χ0) is 22.0. The van der Waals surface area contributed by atoms with Crippen LogP contribution in [0.15, 0.2) is 43.1 Å². The van der Waals surface area contributed by atoms with Gasteiger partial charge in [0.2, 0.25) is 0 Å². The number of halogens is 3. The van der Waals surface area contributed by atoms with Crippen LogP contribution >= 0.6 is 43.5 Å². The van der Waals surface area contributed by atoms with E-state index in [1.165, 1.54) is 10.9 Å². The van der Waals surface area contributed by atoms with E-state index in [2.05, 4.69) is 41.9 Å². The summed E-state index contributed by atoms with van der Waals surface area (Å²) in [5.41, 5.74) is 0.993. The molecule has 0 saturated carbocycles. The first-order chi connectivity index (χ1) is 14.2. The lowest BCUT2D eigenvalue weighted by Gasteiger charge is -2.18. The Bertz CT molecular complexity index is 1190. The van der Waals surface area contributed by atoms with E-state index < -0.39 is 0 Å². The van der Waals surface area contributed by atoms with Gasteiger partial charge in [0.05, 0.1) is 29.8 Å². The molecule has 3 rings (SSSR count). The van der Waals surface area contributed by atoms with Crippen molar-refractivity contribution in [3.05, 3.63) is 60.0 Å². The predicted molar refractivity (Wildman–Crippen MR) is 128 cm³/mol. The minimum absolute atomic E-state index is 0.0719. The van der Waals surface area contributed by atoms with Crippen LogP contribution in [0.25, 0.3) is 10.9 Å². The highest BCUT2D eigenvalue weighted by atomic mass is 79.9. The molecule has 0 N–H and O–H groups in total. The lowest BCUT2D eigenvalue weighted by molar-refractivity contribution is 0.224. The molecular weight excluding hydrogens is 538 g/mol. The van der Waals surface area contributed by atoms with Gasteiger partial charge < -0.3 is 9.47 Å². The van der Waals surface area contributed by atoms with Gasteiger partial charge in [0.15, 0.2) is 11.5 Å². The number of hydrogen-bond donors (Lipinski definition) is 0. The zero-order valence-corrected chi connectivity index (χ0v) is 20.8. The largest absolute Gasteiger partial charge is 0.490 e. The number of hydrogen-bond acceptors (Lipinski definition) is 5. The molecule has 0 aliphatic rings. The van der Waals surface area contributed by atoms with Crippen LogP contribution in [-0.2, 0) is 0 Å². The molecule has 3 aromatic rings. The molecule has 1 aromatic heterocycles. The quantitative estimate of drug-likeness (QED) is 0.351. The zero-order valence-electron chi connectivity index (χ0n) is 16.9. The van der Waals surface area contributed by atoms with Crippen molar-refractivity contribution in [1.29, 1.82) is 0 Å². The normalized spacial score (nSPS) is 11.6. The van der Waals surface area contributed by atoms with Gasteiger partial charge in [-0.2, -0.15) is 9.78 Å². The van der Waals surface area contributed by atoms with Gasteiger partial charge in [0, 0.05) is 14.5 Å². The van der Waals surface area contributed by atoms with Gasteiger partial charge in [-0.3, -0.25) is 4.79 Å². The second kappa shape index (κ2) is 9.49. The Balaban J connectivity index is 2.11. The summed E-state index contributed by atoms with van der Waals surface area (Å²) in [5.74, 6) is 1.44. The van der Waals surface area contributed by atoms with Crippen molar-refractivity contribution in [2.24, 2.45) is 5.10 Å². The summed E-state index contributed by atoms with van der Waals surface area (Å²) in [6, 6.07) is 7.14. The average Bonchev–Trinajstić information content (AvgIpc) is 2.69. The molecule has 0 saturated heterocycles. The number of benzene rings is 2. The van der Waals surface area contributed by atoms with Crippen LogP contribution in [0.1, 0.15) is 32.2 Å². The molecule has 0 spiro atoms. The summed E-state index contributed by atoms with van der Waals surface area (Å²) in [7, 11) is 0. The minimum Gasteiger partial charge on any atom is -0.490 e. The Kier molecular flexibility index (Phi) is 7.21. The van der Waals surface area contributed by atoms with E-state index in [1.807, 2.05) is 26.8 Å². The van der Waals surface area contributed by atoms with Gasteiger partial charge in [-0.25, -0.2) is 4.98 Å². The minimum atomic E-state index is -0.262. The van der Waals surface area contributed by atoms with E-state index in [0.717, 1.165) is 4.47 Å². The summed E-state index contributed by atoms with van der Waals surface area (Å²) in [6.07, 6.45) is 1.47. The van der Waals surface area contributed by atoms with Crippen LogP contribution in [-0.4, -0.2) is 28.6 Å². The lowest BCUT2D eigenvalue weighted by atomic mass is 10.2. The Morgan fingerprint density at radius 1 is 1.30 bits per heavy atom. The maximum atomic E-state index is 12.9. The maximum Gasteiger partial charge on any atom is 0.282 e. The number of nitrogens with zero attached hydrogens (tertiary/aromatic N) is 3. The van der Waals surface area contributed by atoms with Gasteiger partial charge in [-0.05, 0) is 67.9 Å². The van der Waals surface area contributed by atoms with E-state index >= 15 is 0 Å². The average molecular weight is 558 g/mol. The molecule has 0 unspecified atom stereocenters.